The molecule has 0 unspecified atom stereocenters. The zero-order valence-corrected chi connectivity index (χ0v) is 12.0. The predicted octanol–water partition coefficient (Wildman–Crippen LogP) is 3.21. The Hall–Kier alpha value is -1.79. The number of aliphatic hydroxyl groups excluding tert-OH is 1. The lowest BCUT2D eigenvalue weighted by Gasteiger charge is -2.01. The third-order valence-corrected chi connectivity index (χ3v) is 4.28. The van der Waals surface area contributed by atoms with E-state index >= 15 is 0 Å². The van der Waals surface area contributed by atoms with Gasteiger partial charge < -0.3 is 5.11 Å². The second-order valence-electron chi connectivity index (χ2n) is 4.86. The molecule has 0 atom stereocenters. The molecule has 0 aliphatic heterocycles. The maximum Gasteiger partial charge on any atom is 0.213 e. The summed E-state index contributed by atoms with van der Waals surface area (Å²) in [7, 11) is 0. The molecule has 0 spiro atoms. The number of aliphatic hydroxyl groups is 1. The van der Waals surface area contributed by atoms with Gasteiger partial charge in [0.15, 0.2) is 0 Å². The number of hydrogen-bond acceptors (Lipinski definition) is 4. The van der Waals surface area contributed by atoms with Crippen LogP contribution in [0, 0.1) is 5.82 Å². The monoisotopic (exact) mass is 291 g/mol. The molecule has 104 valence electrons. The lowest BCUT2D eigenvalue weighted by molar-refractivity contribution is 0.275. The minimum absolute atomic E-state index is 0.158. The summed E-state index contributed by atoms with van der Waals surface area (Å²) in [4.78, 5) is 5.27. The van der Waals surface area contributed by atoms with Gasteiger partial charge in [0.25, 0.3) is 0 Å². The van der Waals surface area contributed by atoms with Crippen LogP contribution in [0.25, 0.3) is 16.2 Å². The fraction of sp³-hybridized carbons (Fsp3) is 0.286. The number of nitrogens with zero attached hydrogens (tertiary/aromatic N) is 3. The van der Waals surface area contributed by atoms with E-state index in [0.717, 1.165) is 15.5 Å². The van der Waals surface area contributed by atoms with Gasteiger partial charge in [0, 0.05) is 11.5 Å². The summed E-state index contributed by atoms with van der Waals surface area (Å²) >= 11 is 1.51. The largest absolute Gasteiger partial charge is 0.390 e. The summed E-state index contributed by atoms with van der Waals surface area (Å²) in [5.41, 5.74) is 2.07. The molecule has 0 saturated carbocycles. The van der Waals surface area contributed by atoms with Crippen LogP contribution < -0.4 is 0 Å². The first-order chi connectivity index (χ1) is 9.60. The summed E-state index contributed by atoms with van der Waals surface area (Å²) < 4.78 is 14.7. The Morgan fingerprint density at radius 2 is 2.00 bits per heavy atom. The Labute approximate surface area is 119 Å². The molecule has 1 aromatic carbocycles. The van der Waals surface area contributed by atoms with E-state index in [4.69, 9.17) is 0 Å². The van der Waals surface area contributed by atoms with E-state index in [1.807, 2.05) is 0 Å². The molecule has 2 heterocycles. The average molecular weight is 291 g/mol. The number of imidazole rings is 1. The second-order valence-corrected chi connectivity index (χ2v) is 5.85. The van der Waals surface area contributed by atoms with Gasteiger partial charge in [0.2, 0.25) is 4.96 Å². The van der Waals surface area contributed by atoms with Crippen LogP contribution in [0.3, 0.4) is 0 Å². The summed E-state index contributed by atoms with van der Waals surface area (Å²) in [6.07, 6.45) is 0. The molecule has 0 amide bonds. The van der Waals surface area contributed by atoms with E-state index in [1.165, 1.54) is 23.5 Å². The van der Waals surface area contributed by atoms with Crippen molar-refractivity contribution in [1.82, 2.24) is 14.6 Å². The van der Waals surface area contributed by atoms with Crippen molar-refractivity contribution in [2.24, 2.45) is 0 Å². The lowest BCUT2D eigenvalue weighted by atomic mass is 10.1. The molecule has 6 heteroatoms. The average Bonchev–Trinajstić information content (AvgIpc) is 2.96. The van der Waals surface area contributed by atoms with E-state index in [9.17, 15) is 9.50 Å². The first kappa shape index (κ1) is 13.2. The fourth-order valence-electron chi connectivity index (χ4n) is 2.02. The Balaban J connectivity index is 2.16. The van der Waals surface area contributed by atoms with Gasteiger partial charge in [-0.15, -0.1) is 0 Å². The number of halogens is 1. The van der Waals surface area contributed by atoms with Crippen molar-refractivity contribution in [2.45, 2.75) is 26.4 Å². The van der Waals surface area contributed by atoms with Gasteiger partial charge in [-0.3, -0.25) is 0 Å². The number of aromatic nitrogens is 3. The van der Waals surface area contributed by atoms with E-state index in [0.29, 0.717) is 17.3 Å². The van der Waals surface area contributed by atoms with Crippen LogP contribution in [0.4, 0.5) is 4.39 Å². The van der Waals surface area contributed by atoms with Crippen molar-refractivity contribution in [3.8, 4) is 11.3 Å². The molecule has 3 rings (SSSR count). The predicted molar refractivity (Wildman–Crippen MR) is 76.3 cm³/mol. The van der Waals surface area contributed by atoms with Crippen molar-refractivity contribution in [3.05, 3.63) is 40.8 Å². The molecule has 1 N–H and O–H groups in total. The van der Waals surface area contributed by atoms with Gasteiger partial charge in [0.05, 0.1) is 18.0 Å². The van der Waals surface area contributed by atoms with Crippen molar-refractivity contribution in [3.63, 3.8) is 0 Å². The highest BCUT2D eigenvalue weighted by Gasteiger charge is 2.18. The maximum atomic E-state index is 13.0. The topological polar surface area (TPSA) is 50.4 Å². The summed E-state index contributed by atoms with van der Waals surface area (Å²) in [5.74, 6) is 0.0306. The highest BCUT2D eigenvalue weighted by Crippen LogP contribution is 2.29. The first-order valence-electron chi connectivity index (χ1n) is 6.35. The molecule has 0 fully saturated rings. The summed E-state index contributed by atoms with van der Waals surface area (Å²) in [6.45, 7) is 3.98. The minimum atomic E-state index is -0.291. The van der Waals surface area contributed by atoms with Crippen LogP contribution >= 0.6 is 11.3 Å². The normalized spacial score (nSPS) is 11.7. The van der Waals surface area contributed by atoms with Crippen LogP contribution in [0.1, 0.15) is 30.5 Å². The number of benzene rings is 1. The van der Waals surface area contributed by atoms with E-state index in [-0.39, 0.29) is 12.4 Å². The second kappa shape index (κ2) is 4.96. The van der Waals surface area contributed by atoms with Crippen LogP contribution in [0.5, 0.6) is 0 Å². The van der Waals surface area contributed by atoms with Gasteiger partial charge in [-0.25, -0.2) is 13.9 Å². The molecule has 0 bridgehead atoms. The van der Waals surface area contributed by atoms with E-state index < -0.39 is 0 Å². The van der Waals surface area contributed by atoms with Crippen LogP contribution in [-0.2, 0) is 6.61 Å². The molecule has 3 aromatic rings. The molecule has 0 saturated heterocycles. The van der Waals surface area contributed by atoms with E-state index in [2.05, 4.69) is 23.9 Å². The molecular formula is C14H14FN3OS. The highest BCUT2D eigenvalue weighted by molar-refractivity contribution is 7.16. The Kier molecular flexibility index (Phi) is 3.27. The SMILES string of the molecule is CC(C)c1nn2c(CO)c(-c3ccc(F)cc3)nc2s1. The third kappa shape index (κ3) is 2.10. The zero-order chi connectivity index (χ0) is 14.3. The van der Waals surface area contributed by atoms with E-state index in [1.54, 1.807) is 16.6 Å². The van der Waals surface area contributed by atoms with Crippen molar-refractivity contribution < 1.29 is 9.50 Å². The van der Waals surface area contributed by atoms with Crippen molar-refractivity contribution in [2.75, 3.05) is 0 Å². The smallest absolute Gasteiger partial charge is 0.213 e. The Morgan fingerprint density at radius 1 is 1.30 bits per heavy atom. The van der Waals surface area contributed by atoms with Gasteiger partial charge >= 0.3 is 0 Å². The highest BCUT2D eigenvalue weighted by atomic mass is 32.1. The third-order valence-electron chi connectivity index (χ3n) is 3.07. The minimum Gasteiger partial charge on any atom is -0.390 e. The van der Waals surface area contributed by atoms with Crippen molar-refractivity contribution >= 4 is 16.3 Å². The Morgan fingerprint density at radius 3 is 2.60 bits per heavy atom. The van der Waals surface area contributed by atoms with Gasteiger partial charge in [0.1, 0.15) is 10.8 Å². The zero-order valence-electron chi connectivity index (χ0n) is 11.2. The standard InChI is InChI=1S/C14H14FN3OS/c1-8(2)13-17-18-11(7-19)12(16-14(18)20-13)9-3-5-10(15)6-4-9/h3-6,8,19H,7H2,1-2H3. The molecule has 20 heavy (non-hydrogen) atoms. The quantitative estimate of drug-likeness (QED) is 0.806. The Bertz CT molecular complexity index is 746. The van der Waals surface area contributed by atoms with Crippen LogP contribution in [0.2, 0.25) is 0 Å². The summed E-state index contributed by atoms with van der Waals surface area (Å²) in [5, 5.41) is 15.1. The van der Waals surface area contributed by atoms with Crippen LogP contribution in [0.15, 0.2) is 24.3 Å². The molecule has 0 aliphatic carbocycles. The number of hydrogen-bond donors (Lipinski definition) is 1. The maximum absolute atomic E-state index is 13.0. The van der Waals surface area contributed by atoms with Gasteiger partial charge in [-0.05, 0) is 24.3 Å². The molecule has 0 radical (unpaired) electrons. The van der Waals surface area contributed by atoms with Gasteiger partial charge in [-0.2, -0.15) is 5.10 Å². The number of fused-ring (bicyclic) bond motifs is 1. The molecule has 0 aliphatic rings. The first-order valence-corrected chi connectivity index (χ1v) is 7.17. The van der Waals surface area contributed by atoms with Gasteiger partial charge in [-0.1, -0.05) is 25.2 Å². The molecular weight excluding hydrogens is 277 g/mol. The lowest BCUT2D eigenvalue weighted by Crippen LogP contribution is -1.97. The fourth-order valence-corrected chi connectivity index (χ4v) is 2.94. The molecule has 4 nitrogen and oxygen atoms in total. The number of rotatable bonds is 3. The molecule has 2 aromatic heterocycles. The van der Waals surface area contributed by atoms with Crippen molar-refractivity contribution in [1.29, 1.82) is 0 Å². The van der Waals surface area contributed by atoms with Crippen LogP contribution in [-0.4, -0.2) is 19.7 Å². The summed E-state index contributed by atoms with van der Waals surface area (Å²) in [6, 6.07) is 6.09.